The number of nitrogens with one attached hydrogen (secondary N) is 4. The summed E-state index contributed by atoms with van der Waals surface area (Å²) in [6.07, 6.45) is 7.20. The van der Waals surface area contributed by atoms with E-state index in [0.717, 1.165) is 0 Å². The molecule has 1 saturated heterocycles. The topological polar surface area (TPSA) is 246 Å². The number of benzene rings is 1. The van der Waals surface area contributed by atoms with Gasteiger partial charge in [-0.2, -0.15) is 0 Å². The lowest BCUT2D eigenvalue weighted by Gasteiger charge is -2.31. The molecule has 1 aromatic carbocycles. The summed E-state index contributed by atoms with van der Waals surface area (Å²) in [5.74, 6) is -4.42. The normalized spacial score (nSPS) is 21.6. The predicted octanol–water partition coefficient (Wildman–Crippen LogP) is 1.00. The van der Waals surface area contributed by atoms with Crippen LogP contribution in [0.3, 0.4) is 0 Å². The van der Waals surface area contributed by atoms with Crippen molar-refractivity contribution in [1.29, 1.82) is 0 Å². The van der Waals surface area contributed by atoms with Gasteiger partial charge in [0.2, 0.25) is 29.5 Å². The third-order valence-electron chi connectivity index (χ3n) is 9.97. The van der Waals surface area contributed by atoms with Crippen LogP contribution in [-0.4, -0.2) is 100.0 Å². The van der Waals surface area contributed by atoms with Gasteiger partial charge in [-0.05, 0) is 80.5 Å². The molecular weight excluding hydrogens is 682 g/mol. The molecule has 0 aliphatic carbocycles. The molecule has 53 heavy (non-hydrogen) atoms. The second-order valence-corrected chi connectivity index (χ2v) is 14.7. The van der Waals surface area contributed by atoms with E-state index in [4.69, 9.17) is 11.5 Å². The van der Waals surface area contributed by atoms with Crippen molar-refractivity contribution in [3.63, 3.8) is 0 Å². The molecule has 2 bridgehead atoms. The Hall–Kier alpha value is -4.50. The second-order valence-electron chi connectivity index (χ2n) is 14.7. The van der Waals surface area contributed by atoms with Crippen LogP contribution in [0.4, 0.5) is 0 Å². The number of nitrogens with zero attached hydrogens (tertiary/aromatic N) is 1. The lowest BCUT2D eigenvalue weighted by Crippen LogP contribution is -2.60. The third kappa shape index (κ3) is 12.6. The number of nitrogens with two attached hydrogens (primary N) is 2. The van der Waals surface area contributed by atoms with E-state index in [1.807, 2.05) is 20.8 Å². The molecule has 294 valence electrons. The Kier molecular flexibility index (Phi) is 16.7. The minimum absolute atomic E-state index is 0.00406. The van der Waals surface area contributed by atoms with Gasteiger partial charge in [0.1, 0.15) is 36.0 Å². The number of fused-ring (bicyclic) bond motifs is 3. The summed E-state index contributed by atoms with van der Waals surface area (Å²) in [7, 11) is 0. The zero-order chi connectivity index (χ0) is 39.2. The number of aromatic hydroxyl groups is 1. The van der Waals surface area contributed by atoms with Crippen LogP contribution in [-0.2, 0) is 41.6 Å². The number of carboxylic acids is 1. The van der Waals surface area contributed by atoms with Gasteiger partial charge in [0.15, 0.2) is 0 Å². The molecule has 0 spiro atoms. The Balaban J connectivity index is 1.95. The fraction of sp³-hybridized carbons (Fsp3) is 0.632. The fourth-order valence-corrected chi connectivity index (χ4v) is 6.64. The number of phenolic OH excluding ortho intramolecular Hbond substituents is 1. The SMILES string of the molecule is CC[C@H](C)[C@H](NC(=O)[C@@H]1Cc2ccc(O)c(c2)CC=CC[C@H](NC(=O)[C@@H](N)CCCCN)C(=O)N2CCC[C@H]2C(=O)N1)C(=O)N[C@@H](CC(C)C)C(=O)O. The van der Waals surface area contributed by atoms with E-state index in [1.165, 1.54) is 11.0 Å². The van der Waals surface area contributed by atoms with E-state index in [2.05, 4.69) is 21.3 Å². The van der Waals surface area contributed by atoms with E-state index >= 15 is 0 Å². The molecule has 7 atom stereocenters. The van der Waals surface area contributed by atoms with E-state index in [1.54, 1.807) is 31.2 Å². The third-order valence-corrected chi connectivity index (χ3v) is 9.97. The van der Waals surface area contributed by atoms with Crippen molar-refractivity contribution in [3.05, 3.63) is 41.5 Å². The van der Waals surface area contributed by atoms with Crippen LogP contribution in [0, 0.1) is 11.8 Å². The summed E-state index contributed by atoms with van der Waals surface area (Å²) in [5.41, 5.74) is 12.9. The van der Waals surface area contributed by atoms with E-state index < -0.39 is 71.8 Å². The van der Waals surface area contributed by atoms with Gasteiger partial charge in [0, 0.05) is 13.0 Å². The summed E-state index contributed by atoms with van der Waals surface area (Å²) < 4.78 is 0. The van der Waals surface area contributed by atoms with Crippen molar-refractivity contribution in [1.82, 2.24) is 26.2 Å². The molecule has 15 heteroatoms. The monoisotopic (exact) mass is 741 g/mol. The summed E-state index contributed by atoms with van der Waals surface area (Å²) in [6, 6.07) is -1.39. The summed E-state index contributed by atoms with van der Waals surface area (Å²) in [6.45, 7) is 8.03. The molecule has 15 nitrogen and oxygen atoms in total. The zero-order valence-corrected chi connectivity index (χ0v) is 31.4. The first kappa shape index (κ1) is 42.9. The van der Waals surface area contributed by atoms with Gasteiger partial charge in [0.05, 0.1) is 6.04 Å². The smallest absolute Gasteiger partial charge is 0.326 e. The number of amides is 5. The van der Waals surface area contributed by atoms with Gasteiger partial charge in [-0.15, -0.1) is 0 Å². The predicted molar refractivity (Wildman–Crippen MR) is 199 cm³/mol. The highest BCUT2D eigenvalue weighted by Gasteiger charge is 2.40. The lowest BCUT2D eigenvalue weighted by atomic mass is 9.95. The maximum Gasteiger partial charge on any atom is 0.326 e. The number of carboxylic acid groups (broad SMARTS) is 1. The summed E-state index contributed by atoms with van der Waals surface area (Å²) >= 11 is 0. The Morgan fingerprint density at radius 3 is 2.45 bits per heavy atom. The van der Waals surface area contributed by atoms with Crippen LogP contribution < -0.4 is 32.7 Å². The Morgan fingerprint density at radius 1 is 1.06 bits per heavy atom. The highest BCUT2D eigenvalue weighted by Crippen LogP contribution is 2.23. The molecule has 0 saturated carbocycles. The van der Waals surface area contributed by atoms with Gasteiger partial charge < -0.3 is 47.8 Å². The number of hydrogen-bond acceptors (Lipinski definition) is 9. The van der Waals surface area contributed by atoms with Crippen LogP contribution in [0.15, 0.2) is 30.4 Å². The highest BCUT2D eigenvalue weighted by molar-refractivity contribution is 5.97. The van der Waals surface area contributed by atoms with Gasteiger partial charge >= 0.3 is 5.97 Å². The van der Waals surface area contributed by atoms with Crippen LogP contribution in [0.2, 0.25) is 0 Å². The molecule has 1 aromatic rings. The fourth-order valence-electron chi connectivity index (χ4n) is 6.64. The lowest BCUT2D eigenvalue weighted by molar-refractivity contribution is -0.143. The summed E-state index contributed by atoms with van der Waals surface area (Å²) in [5, 5.41) is 31.3. The molecule has 0 aromatic heterocycles. The maximum atomic E-state index is 14.1. The minimum atomic E-state index is -1.20. The number of carbonyl (C=O) groups excluding carboxylic acids is 5. The molecule has 3 rings (SSSR count). The molecule has 0 radical (unpaired) electrons. The Labute approximate surface area is 312 Å². The Bertz CT molecular complexity index is 1480. The summed E-state index contributed by atoms with van der Waals surface area (Å²) in [4.78, 5) is 82.0. The van der Waals surface area contributed by atoms with E-state index in [-0.39, 0.29) is 49.8 Å². The van der Waals surface area contributed by atoms with Crippen molar-refractivity contribution < 1.29 is 39.0 Å². The molecule has 10 N–H and O–H groups in total. The number of phenols is 1. The molecule has 5 amide bonds. The van der Waals surface area contributed by atoms with Crippen LogP contribution >= 0.6 is 0 Å². The van der Waals surface area contributed by atoms with Gasteiger partial charge in [-0.1, -0.05) is 64.8 Å². The molecule has 2 heterocycles. The zero-order valence-electron chi connectivity index (χ0n) is 31.4. The number of aliphatic carboxylic acids is 1. The molecule has 2 aliphatic heterocycles. The first-order chi connectivity index (χ1) is 25.2. The van der Waals surface area contributed by atoms with Crippen molar-refractivity contribution in [2.75, 3.05) is 13.1 Å². The first-order valence-corrected chi connectivity index (χ1v) is 18.8. The minimum Gasteiger partial charge on any atom is -0.508 e. The van der Waals surface area contributed by atoms with Gasteiger partial charge in [-0.25, -0.2) is 4.79 Å². The van der Waals surface area contributed by atoms with Crippen LogP contribution in [0.25, 0.3) is 0 Å². The number of hydrogen-bond donors (Lipinski definition) is 8. The molecule has 1 fully saturated rings. The number of unbranched alkanes of at least 4 members (excludes halogenated alkanes) is 1. The second kappa shape index (κ2) is 20.7. The van der Waals surface area contributed by atoms with Crippen molar-refractivity contribution in [2.24, 2.45) is 23.3 Å². The molecule has 2 aliphatic rings. The average Bonchev–Trinajstić information content (AvgIpc) is 3.61. The van der Waals surface area contributed by atoms with E-state index in [9.17, 15) is 39.0 Å². The maximum absolute atomic E-state index is 14.1. The molecule has 0 unspecified atom stereocenters. The van der Waals surface area contributed by atoms with Crippen molar-refractivity contribution >= 4 is 35.5 Å². The highest BCUT2D eigenvalue weighted by atomic mass is 16.4. The first-order valence-electron chi connectivity index (χ1n) is 18.8. The van der Waals surface area contributed by atoms with E-state index in [0.29, 0.717) is 56.2 Å². The number of allylic oxidation sites excluding steroid dienone is 1. The standard InChI is InChI=1S/C38H59N7O8/c1-5-23(4)32(36(50)43-29(38(52)53)19-22(2)3)44-34(48)28-21-24-15-16-31(46)25(20-24)11-6-7-13-27(41-33(47)26(40)12-8-9-17-39)37(51)45-18-10-14-30(45)35(49)42-28/h6-7,15-16,20,22-23,26-30,32,46H,5,8-14,17-19,21,39-40H2,1-4H3,(H,41,47)(H,42,49)(H,43,50)(H,44,48)(H,52,53)/t23-,26-,27-,28-,29-,30-,32-/m0/s1. The van der Waals surface area contributed by atoms with Crippen molar-refractivity contribution in [3.8, 4) is 5.75 Å². The Morgan fingerprint density at radius 2 is 1.79 bits per heavy atom. The largest absolute Gasteiger partial charge is 0.508 e. The van der Waals surface area contributed by atoms with Crippen LogP contribution in [0.1, 0.15) is 90.2 Å². The van der Waals surface area contributed by atoms with Gasteiger partial charge in [-0.3, -0.25) is 24.0 Å². The van der Waals surface area contributed by atoms with Gasteiger partial charge in [0.25, 0.3) is 0 Å². The number of carbonyl (C=O) groups is 6. The molecular formula is C38H59N7O8. The van der Waals surface area contributed by atoms with Crippen molar-refractivity contribution in [2.45, 2.75) is 128 Å². The van der Waals surface area contributed by atoms with Crippen LogP contribution in [0.5, 0.6) is 5.75 Å². The quantitative estimate of drug-likeness (QED) is 0.0936. The number of rotatable bonds is 15. The average molecular weight is 742 g/mol.